The van der Waals surface area contributed by atoms with Crippen LogP contribution in [-0.2, 0) is 6.54 Å². The summed E-state index contributed by atoms with van der Waals surface area (Å²) in [6.07, 6.45) is 0. The van der Waals surface area contributed by atoms with Crippen LogP contribution in [0.5, 0.6) is 11.5 Å². The van der Waals surface area contributed by atoms with Gasteiger partial charge in [-0.15, -0.1) is 0 Å². The van der Waals surface area contributed by atoms with Gasteiger partial charge in [-0.05, 0) is 25.1 Å². The van der Waals surface area contributed by atoms with Crippen LogP contribution in [0.25, 0.3) is 0 Å². The minimum atomic E-state index is -0.304. The number of carbonyl (C=O) groups is 1. The first-order valence-electron chi connectivity index (χ1n) is 7.10. The quantitative estimate of drug-likeness (QED) is 0.859. The fourth-order valence-corrected chi connectivity index (χ4v) is 2.15. The van der Waals surface area contributed by atoms with E-state index in [0.29, 0.717) is 23.6 Å². The number of aromatic nitrogens is 2. The molecule has 0 radical (unpaired) electrons. The van der Waals surface area contributed by atoms with Crippen molar-refractivity contribution in [2.24, 2.45) is 0 Å². The van der Waals surface area contributed by atoms with Crippen molar-refractivity contribution in [3.63, 3.8) is 0 Å². The van der Waals surface area contributed by atoms with E-state index in [0.717, 1.165) is 5.69 Å². The molecule has 0 unspecified atom stereocenters. The van der Waals surface area contributed by atoms with Crippen LogP contribution < -0.4 is 20.3 Å². The van der Waals surface area contributed by atoms with E-state index >= 15 is 0 Å². The molecule has 1 N–H and O–H groups in total. The van der Waals surface area contributed by atoms with Crippen LogP contribution in [0.15, 0.2) is 35.1 Å². The van der Waals surface area contributed by atoms with Crippen molar-refractivity contribution in [3.8, 4) is 11.5 Å². The maximum absolute atomic E-state index is 12.3. The largest absolute Gasteiger partial charge is 0.493 e. The second-order valence-corrected chi connectivity index (χ2v) is 4.83. The summed E-state index contributed by atoms with van der Waals surface area (Å²) in [6, 6.07) is 8.18. The zero-order valence-electron chi connectivity index (χ0n) is 13.3. The molecular formula is C16H19N3O4. The van der Waals surface area contributed by atoms with Crippen LogP contribution in [0, 0.1) is 6.92 Å². The predicted molar refractivity (Wildman–Crippen MR) is 85.1 cm³/mol. The first-order chi connectivity index (χ1) is 11.1. The predicted octanol–water partition coefficient (Wildman–Crippen LogP) is 0.999. The molecule has 0 saturated heterocycles. The van der Waals surface area contributed by atoms with Crippen molar-refractivity contribution in [3.05, 3.63) is 51.9 Å². The summed E-state index contributed by atoms with van der Waals surface area (Å²) in [7, 11) is 2.99. The molecule has 0 aliphatic rings. The van der Waals surface area contributed by atoms with Gasteiger partial charge < -0.3 is 14.8 Å². The third-order valence-corrected chi connectivity index (χ3v) is 3.26. The molecule has 1 amide bonds. The van der Waals surface area contributed by atoms with Crippen molar-refractivity contribution >= 4 is 5.91 Å². The van der Waals surface area contributed by atoms with E-state index in [1.54, 1.807) is 31.2 Å². The number of nitrogens with one attached hydrogen (secondary N) is 1. The lowest BCUT2D eigenvalue weighted by atomic mass is 10.1. The third kappa shape index (κ3) is 3.88. The Kier molecular flexibility index (Phi) is 5.35. The number of benzene rings is 1. The summed E-state index contributed by atoms with van der Waals surface area (Å²) in [6.45, 7) is 2.36. The average Bonchev–Trinajstić information content (AvgIpc) is 2.56. The summed E-state index contributed by atoms with van der Waals surface area (Å²) in [4.78, 5) is 23.9. The fourth-order valence-electron chi connectivity index (χ4n) is 2.15. The third-order valence-electron chi connectivity index (χ3n) is 3.26. The molecule has 2 aromatic rings. The molecule has 122 valence electrons. The van der Waals surface area contributed by atoms with Gasteiger partial charge in [-0.3, -0.25) is 9.59 Å². The Bertz CT molecular complexity index is 755. The van der Waals surface area contributed by atoms with E-state index in [-0.39, 0.29) is 18.0 Å². The number of amides is 1. The van der Waals surface area contributed by atoms with E-state index in [9.17, 15) is 9.59 Å². The summed E-state index contributed by atoms with van der Waals surface area (Å²) in [5.41, 5.74) is 0.908. The summed E-state index contributed by atoms with van der Waals surface area (Å²) < 4.78 is 11.7. The molecule has 7 nitrogen and oxygen atoms in total. The zero-order valence-corrected chi connectivity index (χ0v) is 13.3. The van der Waals surface area contributed by atoms with Gasteiger partial charge in [-0.25, -0.2) is 4.68 Å². The molecule has 2 rings (SSSR count). The van der Waals surface area contributed by atoms with Crippen LogP contribution in [0.3, 0.4) is 0 Å². The molecule has 0 aliphatic heterocycles. The maximum Gasteiger partial charge on any atom is 0.266 e. The van der Waals surface area contributed by atoms with E-state index in [2.05, 4.69) is 10.4 Å². The fraction of sp³-hybridized carbons (Fsp3) is 0.312. The zero-order chi connectivity index (χ0) is 16.8. The number of nitrogens with zero attached hydrogens (tertiary/aromatic N) is 2. The number of para-hydroxylation sites is 1. The van der Waals surface area contributed by atoms with Crippen molar-refractivity contribution in [1.82, 2.24) is 15.1 Å². The molecule has 0 aliphatic carbocycles. The van der Waals surface area contributed by atoms with Crippen molar-refractivity contribution in [2.45, 2.75) is 13.5 Å². The van der Waals surface area contributed by atoms with Gasteiger partial charge in [0.1, 0.15) is 0 Å². The van der Waals surface area contributed by atoms with E-state index < -0.39 is 0 Å². The summed E-state index contributed by atoms with van der Waals surface area (Å²) >= 11 is 0. The Morgan fingerprint density at radius 2 is 2.00 bits per heavy atom. The Balaban J connectivity index is 2.06. The number of hydrogen-bond acceptors (Lipinski definition) is 5. The Labute approximate surface area is 133 Å². The molecule has 1 heterocycles. The van der Waals surface area contributed by atoms with Crippen LogP contribution in [0.1, 0.15) is 16.1 Å². The normalized spacial score (nSPS) is 10.2. The molecule has 0 spiro atoms. The average molecular weight is 317 g/mol. The number of hydrogen-bond donors (Lipinski definition) is 1. The standard InChI is InChI=1S/C16H19N3O4/c1-11-7-8-14(20)19(18-11)10-9-17-16(21)12-5-4-6-13(22-2)15(12)23-3/h4-8H,9-10H2,1-3H3,(H,17,21). The number of aryl methyl sites for hydroxylation is 1. The monoisotopic (exact) mass is 317 g/mol. The Morgan fingerprint density at radius 1 is 1.22 bits per heavy atom. The van der Waals surface area contributed by atoms with Crippen LogP contribution in [0.4, 0.5) is 0 Å². The lowest BCUT2D eigenvalue weighted by molar-refractivity contribution is 0.0948. The summed E-state index contributed by atoms with van der Waals surface area (Å²) in [5.74, 6) is 0.552. The van der Waals surface area contributed by atoms with Gasteiger partial charge in [0.15, 0.2) is 11.5 Å². The SMILES string of the molecule is COc1cccc(C(=O)NCCn2nc(C)ccc2=O)c1OC. The van der Waals surface area contributed by atoms with Gasteiger partial charge in [-0.1, -0.05) is 6.07 Å². The molecule has 1 aromatic heterocycles. The highest BCUT2D eigenvalue weighted by atomic mass is 16.5. The van der Waals surface area contributed by atoms with Gasteiger partial charge in [-0.2, -0.15) is 5.10 Å². The highest BCUT2D eigenvalue weighted by Gasteiger charge is 2.15. The van der Waals surface area contributed by atoms with Crippen LogP contribution in [0.2, 0.25) is 0 Å². The topological polar surface area (TPSA) is 82.5 Å². The second-order valence-electron chi connectivity index (χ2n) is 4.83. The molecule has 0 bridgehead atoms. The molecule has 0 saturated carbocycles. The molecule has 1 aromatic carbocycles. The molecule has 23 heavy (non-hydrogen) atoms. The van der Waals surface area contributed by atoms with E-state index in [1.165, 1.54) is 25.0 Å². The number of ether oxygens (including phenoxy) is 2. The van der Waals surface area contributed by atoms with Crippen molar-refractivity contribution in [2.75, 3.05) is 20.8 Å². The van der Waals surface area contributed by atoms with Gasteiger partial charge in [0.25, 0.3) is 11.5 Å². The molecular weight excluding hydrogens is 298 g/mol. The lowest BCUT2D eigenvalue weighted by Crippen LogP contribution is -2.32. The molecule has 0 fully saturated rings. The highest BCUT2D eigenvalue weighted by Crippen LogP contribution is 2.30. The van der Waals surface area contributed by atoms with E-state index in [4.69, 9.17) is 9.47 Å². The summed E-state index contributed by atoms with van der Waals surface area (Å²) in [5, 5.41) is 6.86. The maximum atomic E-state index is 12.3. The first-order valence-corrected chi connectivity index (χ1v) is 7.10. The van der Waals surface area contributed by atoms with Crippen LogP contribution in [-0.4, -0.2) is 36.5 Å². The number of carbonyl (C=O) groups excluding carboxylic acids is 1. The van der Waals surface area contributed by atoms with Gasteiger partial charge in [0.2, 0.25) is 0 Å². The molecule has 0 atom stereocenters. The smallest absolute Gasteiger partial charge is 0.266 e. The second kappa shape index (κ2) is 7.44. The Hall–Kier alpha value is -2.83. The van der Waals surface area contributed by atoms with E-state index in [1.807, 2.05) is 0 Å². The Morgan fingerprint density at radius 3 is 2.70 bits per heavy atom. The van der Waals surface area contributed by atoms with Crippen molar-refractivity contribution < 1.29 is 14.3 Å². The minimum Gasteiger partial charge on any atom is -0.493 e. The minimum absolute atomic E-state index is 0.205. The molecule has 7 heteroatoms. The first kappa shape index (κ1) is 16.5. The van der Waals surface area contributed by atoms with Crippen molar-refractivity contribution in [1.29, 1.82) is 0 Å². The number of rotatable bonds is 6. The van der Waals surface area contributed by atoms with Gasteiger partial charge >= 0.3 is 0 Å². The van der Waals surface area contributed by atoms with Gasteiger partial charge in [0, 0.05) is 12.6 Å². The highest BCUT2D eigenvalue weighted by molar-refractivity contribution is 5.97. The van der Waals surface area contributed by atoms with Crippen LogP contribution >= 0.6 is 0 Å². The van der Waals surface area contributed by atoms with Gasteiger partial charge in [0.05, 0.1) is 32.0 Å². The number of methoxy groups -OCH3 is 2. The lowest BCUT2D eigenvalue weighted by Gasteiger charge is -2.12.